The zero-order valence-electron chi connectivity index (χ0n) is 16.1. The number of amides is 1. The molecular weight excluding hydrogens is 405 g/mol. The Hall–Kier alpha value is -2.53. The molecule has 0 aliphatic carbocycles. The summed E-state index contributed by atoms with van der Waals surface area (Å²) >= 11 is 0. The van der Waals surface area contributed by atoms with Gasteiger partial charge >= 0.3 is 6.18 Å². The number of aromatic nitrogens is 3. The molecule has 2 aliphatic heterocycles. The molecule has 0 radical (unpaired) electrons. The van der Waals surface area contributed by atoms with Crippen molar-refractivity contribution in [3.05, 3.63) is 30.4 Å². The zero-order chi connectivity index (χ0) is 21.2. The third kappa shape index (κ3) is 4.04. The lowest BCUT2D eigenvalue weighted by atomic mass is 9.86. The monoisotopic (exact) mass is 426 g/mol. The van der Waals surface area contributed by atoms with Crippen molar-refractivity contribution in [3.63, 3.8) is 0 Å². The topological polar surface area (TPSA) is 90.6 Å². The van der Waals surface area contributed by atoms with Crippen molar-refractivity contribution in [1.29, 1.82) is 0 Å². The predicted molar refractivity (Wildman–Crippen MR) is 96.3 cm³/mol. The van der Waals surface area contributed by atoms with Gasteiger partial charge in [0.1, 0.15) is 6.61 Å². The van der Waals surface area contributed by atoms with Crippen molar-refractivity contribution >= 4 is 5.91 Å². The highest BCUT2D eigenvalue weighted by molar-refractivity contribution is 5.78. The number of ether oxygens (including phenoxy) is 2. The number of likely N-dealkylation sites (tertiary alicyclic amines) is 1. The van der Waals surface area contributed by atoms with Gasteiger partial charge in [0.15, 0.2) is 5.41 Å². The third-order valence-electron chi connectivity index (χ3n) is 5.53. The molecule has 0 saturated carbocycles. The van der Waals surface area contributed by atoms with Gasteiger partial charge in [-0.05, 0) is 31.4 Å². The summed E-state index contributed by atoms with van der Waals surface area (Å²) in [6.45, 7) is 0.191. The summed E-state index contributed by atoms with van der Waals surface area (Å²) in [4.78, 5) is 21.5. The Morgan fingerprint density at radius 2 is 2.13 bits per heavy atom. The number of pyridine rings is 1. The van der Waals surface area contributed by atoms with Crippen LogP contribution in [0.3, 0.4) is 0 Å². The first kappa shape index (κ1) is 20.7. The number of alkyl halides is 3. The number of carbonyl (C=O) groups excluding carboxylic acids is 1. The van der Waals surface area contributed by atoms with Crippen LogP contribution in [-0.4, -0.2) is 71.1 Å². The van der Waals surface area contributed by atoms with Crippen LogP contribution in [0.2, 0.25) is 0 Å². The molecule has 0 N–H and O–H groups in total. The van der Waals surface area contributed by atoms with Crippen molar-refractivity contribution in [1.82, 2.24) is 20.0 Å². The van der Waals surface area contributed by atoms with Crippen LogP contribution in [0.1, 0.15) is 25.2 Å². The molecule has 1 atom stereocenters. The van der Waals surface area contributed by atoms with Gasteiger partial charge in [-0.25, -0.2) is 0 Å². The van der Waals surface area contributed by atoms with Crippen molar-refractivity contribution in [2.75, 3.05) is 32.9 Å². The standard InChI is InChI=1S/C19H21F3N4O4/c20-19(21,22)18(17-24-16(25-30-17)13-2-1-6-23-10-13)5-7-26(12-18)15(27)11-29-14-3-8-28-9-4-14/h1-2,6,10,14H,3-5,7-9,11-12H2. The highest BCUT2D eigenvalue weighted by Gasteiger charge is 2.63. The SMILES string of the molecule is O=C(COC1CCOCC1)N1CCC(c2nc(-c3cccnc3)no2)(C(F)(F)F)C1. The number of halogens is 3. The van der Waals surface area contributed by atoms with Gasteiger partial charge in [-0.15, -0.1) is 0 Å². The van der Waals surface area contributed by atoms with Crippen LogP contribution in [0.15, 0.2) is 29.0 Å². The summed E-state index contributed by atoms with van der Waals surface area (Å²) in [5.41, 5.74) is -1.96. The van der Waals surface area contributed by atoms with Crippen molar-refractivity contribution < 1.29 is 32.0 Å². The normalized spacial score (nSPS) is 23.1. The van der Waals surface area contributed by atoms with Gasteiger partial charge in [-0.3, -0.25) is 9.78 Å². The first-order chi connectivity index (χ1) is 14.4. The molecule has 0 aromatic carbocycles. The van der Waals surface area contributed by atoms with Gasteiger partial charge in [0.05, 0.1) is 6.10 Å². The first-order valence-corrected chi connectivity index (χ1v) is 9.67. The van der Waals surface area contributed by atoms with E-state index in [1.807, 2.05) is 0 Å². The Morgan fingerprint density at radius 3 is 2.83 bits per heavy atom. The number of hydrogen-bond acceptors (Lipinski definition) is 7. The smallest absolute Gasteiger partial charge is 0.381 e. The minimum Gasteiger partial charge on any atom is -0.381 e. The van der Waals surface area contributed by atoms with Crippen LogP contribution in [0.4, 0.5) is 13.2 Å². The molecule has 4 rings (SSSR count). The van der Waals surface area contributed by atoms with Crippen molar-refractivity contribution in [2.45, 2.75) is 37.0 Å². The van der Waals surface area contributed by atoms with Crippen LogP contribution >= 0.6 is 0 Å². The summed E-state index contributed by atoms with van der Waals surface area (Å²) in [6.07, 6.45) is -0.832. The molecule has 2 fully saturated rings. The van der Waals surface area contributed by atoms with Crippen LogP contribution in [0.5, 0.6) is 0 Å². The fraction of sp³-hybridized carbons (Fsp3) is 0.579. The summed E-state index contributed by atoms with van der Waals surface area (Å²) in [5.74, 6) is -1.01. The lowest BCUT2D eigenvalue weighted by molar-refractivity contribution is -0.194. The molecule has 11 heteroatoms. The molecule has 0 spiro atoms. The first-order valence-electron chi connectivity index (χ1n) is 9.67. The lowest BCUT2D eigenvalue weighted by Gasteiger charge is -2.28. The maximum atomic E-state index is 14.1. The lowest BCUT2D eigenvalue weighted by Crippen LogP contribution is -2.46. The van der Waals surface area contributed by atoms with E-state index in [1.165, 1.54) is 12.4 Å². The van der Waals surface area contributed by atoms with E-state index in [-0.39, 0.29) is 31.5 Å². The van der Waals surface area contributed by atoms with Gasteiger partial charge in [-0.1, -0.05) is 5.16 Å². The van der Waals surface area contributed by atoms with E-state index in [4.69, 9.17) is 14.0 Å². The fourth-order valence-electron chi connectivity index (χ4n) is 3.70. The highest BCUT2D eigenvalue weighted by Crippen LogP contribution is 2.47. The van der Waals surface area contributed by atoms with Crippen LogP contribution in [0, 0.1) is 0 Å². The Balaban J connectivity index is 1.48. The number of carbonyl (C=O) groups is 1. The molecule has 30 heavy (non-hydrogen) atoms. The second-order valence-electron chi connectivity index (χ2n) is 7.43. The van der Waals surface area contributed by atoms with E-state index in [0.717, 1.165) is 4.90 Å². The van der Waals surface area contributed by atoms with Crippen molar-refractivity contribution in [2.24, 2.45) is 0 Å². The third-order valence-corrected chi connectivity index (χ3v) is 5.53. The van der Waals surface area contributed by atoms with E-state index in [0.29, 0.717) is 31.6 Å². The molecule has 0 bridgehead atoms. The molecule has 2 saturated heterocycles. The summed E-state index contributed by atoms with van der Waals surface area (Å²) < 4.78 is 58.1. The number of rotatable bonds is 5. The Bertz CT molecular complexity index is 870. The van der Waals surface area contributed by atoms with E-state index < -0.39 is 29.9 Å². The number of nitrogens with zero attached hydrogens (tertiary/aromatic N) is 4. The van der Waals surface area contributed by atoms with Gasteiger partial charge in [-0.2, -0.15) is 18.2 Å². The molecule has 4 heterocycles. The van der Waals surface area contributed by atoms with Crippen LogP contribution in [-0.2, 0) is 19.7 Å². The quantitative estimate of drug-likeness (QED) is 0.725. The molecule has 2 aromatic rings. The van der Waals surface area contributed by atoms with Gasteiger partial charge < -0.3 is 18.9 Å². The average Bonchev–Trinajstić information content (AvgIpc) is 3.41. The summed E-state index contributed by atoms with van der Waals surface area (Å²) in [7, 11) is 0. The van der Waals surface area contributed by atoms with E-state index >= 15 is 0 Å². The Kier molecular flexibility index (Phi) is 5.74. The van der Waals surface area contributed by atoms with Gasteiger partial charge in [0.25, 0.3) is 0 Å². The van der Waals surface area contributed by atoms with E-state index in [2.05, 4.69) is 15.1 Å². The molecule has 1 unspecified atom stereocenters. The highest BCUT2D eigenvalue weighted by atomic mass is 19.4. The molecule has 1 amide bonds. The summed E-state index contributed by atoms with van der Waals surface area (Å²) in [5, 5.41) is 3.69. The fourth-order valence-corrected chi connectivity index (χ4v) is 3.70. The van der Waals surface area contributed by atoms with Crippen LogP contribution in [0.25, 0.3) is 11.4 Å². The average molecular weight is 426 g/mol. The Morgan fingerprint density at radius 1 is 1.33 bits per heavy atom. The molecule has 2 aromatic heterocycles. The van der Waals surface area contributed by atoms with E-state index in [1.54, 1.807) is 12.1 Å². The van der Waals surface area contributed by atoms with E-state index in [9.17, 15) is 18.0 Å². The molecule has 2 aliphatic rings. The zero-order valence-corrected chi connectivity index (χ0v) is 16.1. The van der Waals surface area contributed by atoms with Gasteiger partial charge in [0.2, 0.25) is 17.6 Å². The largest absolute Gasteiger partial charge is 0.405 e. The molecule has 162 valence electrons. The maximum Gasteiger partial charge on any atom is 0.405 e. The number of hydrogen-bond donors (Lipinski definition) is 0. The summed E-state index contributed by atoms with van der Waals surface area (Å²) in [6, 6.07) is 3.25. The second kappa shape index (κ2) is 8.31. The van der Waals surface area contributed by atoms with Gasteiger partial charge in [0, 0.05) is 44.3 Å². The Labute approximate surface area is 170 Å². The minimum atomic E-state index is -4.66. The molecular formula is C19H21F3N4O4. The molecule has 8 nitrogen and oxygen atoms in total. The predicted octanol–water partition coefficient (Wildman–Crippen LogP) is 2.36. The second-order valence-corrected chi connectivity index (χ2v) is 7.43. The maximum absolute atomic E-state index is 14.1. The van der Waals surface area contributed by atoms with Crippen molar-refractivity contribution in [3.8, 4) is 11.4 Å². The minimum absolute atomic E-state index is 0.0225. The van der Waals surface area contributed by atoms with Crippen LogP contribution < -0.4 is 0 Å².